The normalized spacial score (nSPS) is 10.5. The third-order valence-electron chi connectivity index (χ3n) is 2.84. The Morgan fingerprint density at radius 2 is 1.78 bits per heavy atom. The fraction of sp³-hybridized carbons (Fsp3) is 0.0667. The van der Waals surface area contributed by atoms with Crippen molar-refractivity contribution in [3.05, 3.63) is 60.3 Å². The average Bonchev–Trinajstić information content (AvgIpc) is 2.40. The fourth-order valence-electron chi connectivity index (χ4n) is 1.98. The van der Waals surface area contributed by atoms with Crippen LogP contribution in [0.3, 0.4) is 0 Å². The van der Waals surface area contributed by atoms with Gasteiger partial charge in [-0.15, -0.1) is 0 Å². The van der Waals surface area contributed by atoms with Crippen molar-refractivity contribution in [3.8, 4) is 0 Å². The third-order valence-corrected chi connectivity index (χ3v) is 2.84. The highest BCUT2D eigenvalue weighted by Gasteiger charge is 2.02. The molecule has 0 atom stereocenters. The number of fused-ring (bicyclic) bond motifs is 1. The minimum atomic E-state index is 0.805. The number of nitrogens with one attached hydrogen (secondary N) is 1. The average molecular weight is 235 g/mol. The van der Waals surface area contributed by atoms with E-state index in [-0.39, 0.29) is 0 Å². The number of hydrogen-bond donors (Lipinski definition) is 1. The number of benzene rings is 1. The molecular weight excluding hydrogens is 222 g/mol. The van der Waals surface area contributed by atoms with E-state index in [9.17, 15) is 0 Å². The number of aromatic nitrogens is 2. The van der Waals surface area contributed by atoms with Crippen molar-refractivity contribution in [2.75, 3.05) is 5.32 Å². The molecule has 0 saturated heterocycles. The SMILES string of the molecule is Cc1cc(Nc2ccccn2)nc2ccccc12. The van der Waals surface area contributed by atoms with E-state index in [0.29, 0.717) is 0 Å². The number of aryl methyl sites for hydroxylation is 1. The Kier molecular flexibility index (Phi) is 2.65. The monoisotopic (exact) mass is 235 g/mol. The molecule has 3 aromatic rings. The maximum Gasteiger partial charge on any atom is 0.132 e. The summed E-state index contributed by atoms with van der Waals surface area (Å²) < 4.78 is 0. The van der Waals surface area contributed by atoms with Crippen molar-refractivity contribution in [2.24, 2.45) is 0 Å². The molecule has 3 rings (SSSR count). The van der Waals surface area contributed by atoms with Gasteiger partial charge in [0, 0.05) is 11.6 Å². The summed E-state index contributed by atoms with van der Waals surface area (Å²) in [6, 6.07) is 15.9. The molecule has 0 aliphatic carbocycles. The predicted octanol–water partition coefficient (Wildman–Crippen LogP) is 3.68. The molecule has 18 heavy (non-hydrogen) atoms. The molecule has 0 radical (unpaired) electrons. The van der Waals surface area contributed by atoms with E-state index in [4.69, 9.17) is 0 Å². The number of nitrogens with zero attached hydrogens (tertiary/aromatic N) is 2. The van der Waals surface area contributed by atoms with Crippen LogP contribution < -0.4 is 5.32 Å². The van der Waals surface area contributed by atoms with Crippen LogP contribution in [-0.4, -0.2) is 9.97 Å². The zero-order valence-corrected chi connectivity index (χ0v) is 10.1. The first-order valence-electron chi connectivity index (χ1n) is 5.87. The molecule has 0 unspecified atom stereocenters. The lowest BCUT2D eigenvalue weighted by atomic mass is 10.1. The van der Waals surface area contributed by atoms with Gasteiger partial charge in [0.1, 0.15) is 11.6 Å². The van der Waals surface area contributed by atoms with Crippen molar-refractivity contribution < 1.29 is 0 Å². The van der Waals surface area contributed by atoms with Gasteiger partial charge in [0.05, 0.1) is 5.52 Å². The second-order valence-electron chi connectivity index (χ2n) is 4.18. The summed E-state index contributed by atoms with van der Waals surface area (Å²) in [7, 11) is 0. The van der Waals surface area contributed by atoms with E-state index >= 15 is 0 Å². The second-order valence-corrected chi connectivity index (χ2v) is 4.18. The number of anilines is 2. The van der Waals surface area contributed by atoms with Crippen molar-refractivity contribution in [1.82, 2.24) is 9.97 Å². The predicted molar refractivity (Wildman–Crippen MR) is 74.0 cm³/mol. The highest BCUT2D eigenvalue weighted by molar-refractivity contribution is 5.84. The van der Waals surface area contributed by atoms with Crippen LogP contribution in [0.25, 0.3) is 10.9 Å². The summed E-state index contributed by atoms with van der Waals surface area (Å²) in [6.07, 6.45) is 1.76. The Hall–Kier alpha value is -2.42. The first-order valence-corrected chi connectivity index (χ1v) is 5.87. The van der Waals surface area contributed by atoms with E-state index in [1.165, 1.54) is 10.9 Å². The van der Waals surface area contributed by atoms with Gasteiger partial charge in [-0.1, -0.05) is 24.3 Å². The molecule has 0 aliphatic heterocycles. The van der Waals surface area contributed by atoms with Gasteiger partial charge >= 0.3 is 0 Å². The Morgan fingerprint density at radius 1 is 0.944 bits per heavy atom. The Balaban J connectivity index is 2.03. The third kappa shape index (κ3) is 2.02. The van der Waals surface area contributed by atoms with Gasteiger partial charge in [0.25, 0.3) is 0 Å². The van der Waals surface area contributed by atoms with Gasteiger partial charge in [-0.25, -0.2) is 9.97 Å². The van der Waals surface area contributed by atoms with Crippen LogP contribution in [0.1, 0.15) is 5.56 Å². The van der Waals surface area contributed by atoms with Crippen molar-refractivity contribution in [3.63, 3.8) is 0 Å². The summed E-state index contributed by atoms with van der Waals surface area (Å²) >= 11 is 0. The molecular formula is C15H13N3. The lowest BCUT2D eigenvalue weighted by Crippen LogP contribution is -1.96. The van der Waals surface area contributed by atoms with E-state index in [0.717, 1.165) is 17.2 Å². The molecule has 3 nitrogen and oxygen atoms in total. The van der Waals surface area contributed by atoms with E-state index in [1.807, 2.05) is 42.5 Å². The zero-order valence-electron chi connectivity index (χ0n) is 10.1. The highest BCUT2D eigenvalue weighted by atomic mass is 15.0. The molecule has 1 aromatic carbocycles. The molecule has 0 amide bonds. The number of para-hydroxylation sites is 1. The first-order chi connectivity index (χ1) is 8.83. The number of hydrogen-bond acceptors (Lipinski definition) is 3. The van der Waals surface area contributed by atoms with E-state index in [2.05, 4.69) is 28.3 Å². The maximum absolute atomic E-state index is 4.58. The van der Waals surface area contributed by atoms with Gasteiger partial charge in [-0.3, -0.25) is 0 Å². The van der Waals surface area contributed by atoms with Crippen molar-refractivity contribution in [2.45, 2.75) is 6.92 Å². The van der Waals surface area contributed by atoms with Crippen molar-refractivity contribution in [1.29, 1.82) is 0 Å². The number of rotatable bonds is 2. The van der Waals surface area contributed by atoms with Gasteiger partial charge in [-0.05, 0) is 36.8 Å². The standard InChI is InChI=1S/C15H13N3/c1-11-10-15(18-14-8-4-5-9-16-14)17-13-7-3-2-6-12(11)13/h2-10H,1H3,(H,16,17,18). The summed E-state index contributed by atoms with van der Waals surface area (Å²) in [5.74, 6) is 1.63. The lowest BCUT2D eigenvalue weighted by molar-refractivity contribution is 1.27. The molecule has 3 heteroatoms. The smallest absolute Gasteiger partial charge is 0.132 e. The summed E-state index contributed by atoms with van der Waals surface area (Å²) in [6.45, 7) is 2.09. The fourth-order valence-corrected chi connectivity index (χ4v) is 1.98. The molecule has 0 bridgehead atoms. The molecule has 2 aromatic heterocycles. The second kappa shape index (κ2) is 4.45. The van der Waals surface area contributed by atoms with Crippen LogP contribution in [0.2, 0.25) is 0 Å². The summed E-state index contributed by atoms with van der Waals surface area (Å²) in [4.78, 5) is 8.81. The molecule has 0 fully saturated rings. The maximum atomic E-state index is 4.58. The molecule has 0 saturated carbocycles. The highest BCUT2D eigenvalue weighted by Crippen LogP contribution is 2.21. The minimum absolute atomic E-state index is 0.805. The van der Waals surface area contributed by atoms with Gasteiger partial charge < -0.3 is 5.32 Å². The topological polar surface area (TPSA) is 37.8 Å². The van der Waals surface area contributed by atoms with Crippen LogP contribution in [0, 0.1) is 6.92 Å². The lowest BCUT2D eigenvalue weighted by Gasteiger charge is -2.08. The Labute approximate surface area is 106 Å². The van der Waals surface area contributed by atoms with Crippen LogP contribution in [0.15, 0.2) is 54.7 Å². The molecule has 0 spiro atoms. The number of pyridine rings is 2. The van der Waals surface area contributed by atoms with E-state index < -0.39 is 0 Å². The largest absolute Gasteiger partial charge is 0.325 e. The summed E-state index contributed by atoms with van der Waals surface area (Å²) in [5, 5.41) is 4.40. The zero-order chi connectivity index (χ0) is 12.4. The van der Waals surface area contributed by atoms with Gasteiger partial charge in [0.15, 0.2) is 0 Å². The molecule has 88 valence electrons. The van der Waals surface area contributed by atoms with E-state index in [1.54, 1.807) is 6.20 Å². The van der Waals surface area contributed by atoms with Crippen LogP contribution in [0.5, 0.6) is 0 Å². The quantitative estimate of drug-likeness (QED) is 0.736. The van der Waals surface area contributed by atoms with Crippen LogP contribution >= 0.6 is 0 Å². The Bertz CT molecular complexity index is 678. The first kappa shape index (κ1) is 10.7. The van der Waals surface area contributed by atoms with Crippen LogP contribution in [0.4, 0.5) is 11.6 Å². The van der Waals surface area contributed by atoms with Crippen molar-refractivity contribution >= 4 is 22.5 Å². The summed E-state index contributed by atoms with van der Waals surface area (Å²) in [5.41, 5.74) is 2.20. The Morgan fingerprint density at radius 3 is 2.61 bits per heavy atom. The molecule has 0 aliphatic rings. The molecule has 1 N–H and O–H groups in total. The van der Waals surface area contributed by atoms with Gasteiger partial charge in [0.2, 0.25) is 0 Å². The molecule has 2 heterocycles. The van der Waals surface area contributed by atoms with Gasteiger partial charge in [-0.2, -0.15) is 0 Å². The minimum Gasteiger partial charge on any atom is -0.325 e. The van der Waals surface area contributed by atoms with Crippen LogP contribution in [-0.2, 0) is 0 Å².